The van der Waals surface area contributed by atoms with Crippen LogP contribution in [0.15, 0.2) is 9.27 Å². The Balaban J connectivity index is 2.31. The summed E-state index contributed by atoms with van der Waals surface area (Å²) in [4.78, 5) is 19.6. The lowest BCUT2D eigenvalue weighted by atomic mass is 9.82. The van der Waals surface area contributed by atoms with Gasteiger partial charge < -0.3 is 4.98 Å². The zero-order chi connectivity index (χ0) is 13.3. The van der Waals surface area contributed by atoms with Gasteiger partial charge in [-0.25, -0.2) is 4.98 Å². The highest BCUT2D eigenvalue weighted by atomic mass is 79.9. The summed E-state index contributed by atoms with van der Waals surface area (Å²) >= 11 is 3.34. The molecule has 0 aromatic carbocycles. The zero-order valence-electron chi connectivity index (χ0n) is 11.3. The number of nitrogens with one attached hydrogen (secondary N) is 1. The van der Waals surface area contributed by atoms with Gasteiger partial charge in [-0.05, 0) is 40.6 Å². The minimum atomic E-state index is -0.0395. The van der Waals surface area contributed by atoms with E-state index in [4.69, 9.17) is 0 Å². The average molecular weight is 313 g/mol. The lowest BCUT2D eigenvalue weighted by Crippen LogP contribution is -2.21. The SMILES string of the molecule is CC1CCC(c2nc(C(C)C)c(Br)c(=O)[nH]2)CC1. The Morgan fingerprint density at radius 2 is 1.89 bits per heavy atom. The summed E-state index contributed by atoms with van der Waals surface area (Å²) in [5, 5.41) is 0. The van der Waals surface area contributed by atoms with E-state index in [0.29, 0.717) is 10.4 Å². The lowest BCUT2D eigenvalue weighted by Gasteiger charge is -2.25. The molecular weight excluding hydrogens is 292 g/mol. The Morgan fingerprint density at radius 1 is 1.28 bits per heavy atom. The number of aromatic nitrogens is 2. The Kier molecular flexibility index (Phi) is 4.25. The first-order valence-electron chi connectivity index (χ1n) is 6.78. The minimum Gasteiger partial charge on any atom is -0.309 e. The maximum Gasteiger partial charge on any atom is 0.265 e. The maximum atomic E-state index is 11.9. The van der Waals surface area contributed by atoms with Crippen LogP contribution in [0.1, 0.15) is 69.8 Å². The van der Waals surface area contributed by atoms with Gasteiger partial charge in [-0.15, -0.1) is 0 Å². The first-order valence-corrected chi connectivity index (χ1v) is 7.58. The van der Waals surface area contributed by atoms with Crippen LogP contribution in [0.3, 0.4) is 0 Å². The zero-order valence-corrected chi connectivity index (χ0v) is 12.9. The minimum absolute atomic E-state index is 0.0395. The first kappa shape index (κ1) is 13.8. The van der Waals surface area contributed by atoms with E-state index in [2.05, 4.69) is 46.7 Å². The molecule has 4 heteroatoms. The second-order valence-electron chi connectivity index (χ2n) is 5.76. The molecule has 0 aliphatic heterocycles. The summed E-state index contributed by atoms with van der Waals surface area (Å²) in [5.41, 5.74) is 0.842. The van der Waals surface area contributed by atoms with E-state index >= 15 is 0 Å². The summed E-state index contributed by atoms with van der Waals surface area (Å²) in [6.07, 6.45) is 4.76. The van der Waals surface area contributed by atoms with Gasteiger partial charge in [-0.2, -0.15) is 0 Å². The molecule has 1 aliphatic rings. The molecule has 1 heterocycles. The van der Waals surface area contributed by atoms with Crippen molar-refractivity contribution in [1.29, 1.82) is 0 Å². The second-order valence-corrected chi connectivity index (χ2v) is 6.55. The van der Waals surface area contributed by atoms with E-state index in [9.17, 15) is 4.79 Å². The number of rotatable bonds is 2. The van der Waals surface area contributed by atoms with E-state index in [0.717, 1.165) is 30.3 Å². The van der Waals surface area contributed by atoms with Crippen LogP contribution in [0.25, 0.3) is 0 Å². The Bertz CT molecular complexity index is 473. The smallest absolute Gasteiger partial charge is 0.265 e. The monoisotopic (exact) mass is 312 g/mol. The van der Waals surface area contributed by atoms with E-state index in [1.165, 1.54) is 12.8 Å². The van der Waals surface area contributed by atoms with Gasteiger partial charge in [0.05, 0.1) is 5.69 Å². The third kappa shape index (κ3) is 2.85. The molecule has 0 unspecified atom stereocenters. The molecule has 0 radical (unpaired) electrons. The van der Waals surface area contributed by atoms with Crippen LogP contribution in [0.4, 0.5) is 0 Å². The van der Waals surface area contributed by atoms with Gasteiger partial charge in [0.2, 0.25) is 0 Å². The van der Waals surface area contributed by atoms with Crippen molar-refractivity contribution >= 4 is 15.9 Å². The van der Waals surface area contributed by atoms with Gasteiger partial charge in [0.1, 0.15) is 10.3 Å². The van der Waals surface area contributed by atoms with Crippen LogP contribution in [0.5, 0.6) is 0 Å². The van der Waals surface area contributed by atoms with Crippen LogP contribution in [-0.2, 0) is 0 Å². The summed E-state index contributed by atoms with van der Waals surface area (Å²) in [6.45, 7) is 6.44. The predicted molar refractivity (Wildman–Crippen MR) is 77.0 cm³/mol. The molecule has 3 nitrogen and oxygen atoms in total. The molecule has 0 amide bonds. The number of halogens is 1. The standard InChI is InChI=1S/C14H21BrN2O/c1-8(2)12-11(15)14(18)17-13(16-12)10-6-4-9(3)5-7-10/h8-10H,4-7H2,1-3H3,(H,16,17,18). The third-order valence-corrected chi connectivity index (χ3v) is 4.62. The molecule has 2 rings (SSSR count). The number of hydrogen-bond donors (Lipinski definition) is 1. The first-order chi connectivity index (χ1) is 8.49. The number of hydrogen-bond acceptors (Lipinski definition) is 2. The molecule has 1 N–H and O–H groups in total. The lowest BCUT2D eigenvalue weighted by molar-refractivity contribution is 0.338. The van der Waals surface area contributed by atoms with Crippen LogP contribution in [0.2, 0.25) is 0 Å². The van der Waals surface area contributed by atoms with Crippen LogP contribution in [-0.4, -0.2) is 9.97 Å². The normalized spacial score (nSPS) is 24.5. The van der Waals surface area contributed by atoms with Gasteiger partial charge in [0.25, 0.3) is 5.56 Å². The summed E-state index contributed by atoms with van der Waals surface area (Å²) < 4.78 is 0.588. The van der Waals surface area contributed by atoms with Gasteiger partial charge in [-0.1, -0.05) is 33.6 Å². The van der Waals surface area contributed by atoms with Gasteiger partial charge in [0, 0.05) is 5.92 Å². The highest BCUT2D eigenvalue weighted by molar-refractivity contribution is 9.10. The summed E-state index contributed by atoms with van der Waals surface area (Å²) in [6, 6.07) is 0. The molecule has 1 saturated carbocycles. The molecule has 1 fully saturated rings. The van der Waals surface area contributed by atoms with Crippen molar-refractivity contribution in [2.24, 2.45) is 5.92 Å². The highest BCUT2D eigenvalue weighted by Crippen LogP contribution is 2.34. The van der Waals surface area contributed by atoms with E-state index in [1.807, 2.05) is 0 Å². The second kappa shape index (κ2) is 5.55. The van der Waals surface area contributed by atoms with Crippen molar-refractivity contribution in [2.45, 2.75) is 58.3 Å². The molecular formula is C14H21BrN2O. The van der Waals surface area contributed by atoms with Gasteiger partial charge in [0.15, 0.2) is 0 Å². The van der Waals surface area contributed by atoms with Crippen molar-refractivity contribution in [3.05, 3.63) is 26.3 Å². The Labute approximate surface area is 117 Å². The Morgan fingerprint density at radius 3 is 2.44 bits per heavy atom. The summed E-state index contributed by atoms with van der Waals surface area (Å²) in [7, 11) is 0. The summed E-state index contributed by atoms with van der Waals surface area (Å²) in [5.74, 6) is 2.40. The molecule has 1 aromatic heterocycles. The molecule has 18 heavy (non-hydrogen) atoms. The average Bonchev–Trinajstić information content (AvgIpc) is 2.33. The van der Waals surface area contributed by atoms with Gasteiger partial charge in [-0.3, -0.25) is 4.79 Å². The van der Waals surface area contributed by atoms with Crippen LogP contribution >= 0.6 is 15.9 Å². The Hall–Kier alpha value is -0.640. The fourth-order valence-corrected chi connectivity index (χ4v) is 3.25. The fourth-order valence-electron chi connectivity index (χ4n) is 2.60. The van der Waals surface area contributed by atoms with E-state index in [1.54, 1.807) is 0 Å². The van der Waals surface area contributed by atoms with E-state index in [-0.39, 0.29) is 11.5 Å². The maximum absolute atomic E-state index is 11.9. The van der Waals surface area contributed by atoms with Crippen molar-refractivity contribution in [3.63, 3.8) is 0 Å². The fraction of sp³-hybridized carbons (Fsp3) is 0.714. The van der Waals surface area contributed by atoms with Crippen molar-refractivity contribution in [2.75, 3.05) is 0 Å². The molecule has 0 saturated heterocycles. The molecule has 100 valence electrons. The largest absolute Gasteiger partial charge is 0.309 e. The molecule has 0 spiro atoms. The quantitative estimate of drug-likeness (QED) is 0.898. The molecule has 0 atom stereocenters. The topological polar surface area (TPSA) is 45.8 Å². The third-order valence-electron chi connectivity index (χ3n) is 3.86. The predicted octanol–water partition coefficient (Wildman–Crippen LogP) is 3.95. The van der Waals surface area contributed by atoms with Crippen LogP contribution < -0.4 is 5.56 Å². The van der Waals surface area contributed by atoms with Crippen molar-refractivity contribution in [3.8, 4) is 0 Å². The molecule has 1 aromatic rings. The van der Waals surface area contributed by atoms with Gasteiger partial charge >= 0.3 is 0 Å². The number of nitrogens with zero attached hydrogens (tertiary/aromatic N) is 1. The highest BCUT2D eigenvalue weighted by Gasteiger charge is 2.23. The van der Waals surface area contributed by atoms with Crippen molar-refractivity contribution in [1.82, 2.24) is 9.97 Å². The number of aromatic amines is 1. The van der Waals surface area contributed by atoms with Crippen LogP contribution in [0, 0.1) is 5.92 Å². The molecule has 0 bridgehead atoms. The number of H-pyrrole nitrogens is 1. The van der Waals surface area contributed by atoms with E-state index < -0.39 is 0 Å². The molecule has 1 aliphatic carbocycles. The van der Waals surface area contributed by atoms with Crippen molar-refractivity contribution < 1.29 is 0 Å².